The van der Waals surface area contributed by atoms with Gasteiger partial charge in [0, 0.05) is 38.1 Å². The molecule has 3 aromatic rings. The van der Waals surface area contributed by atoms with E-state index in [0.29, 0.717) is 13.1 Å². The molecular formula is C22H27N5O. The van der Waals surface area contributed by atoms with E-state index in [1.165, 1.54) is 11.1 Å². The number of nitrogens with one attached hydrogen (secondary N) is 2. The third-order valence-electron chi connectivity index (χ3n) is 4.52. The number of aryl methyl sites for hydroxylation is 1. The van der Waals surface area contributed by atoms with E-state index in [2.05, 4.69) is 68.5 Å². The van der Waals surface area contributed by atoms with Gasteiger partial charge in [0.25, 0.3) is 0 Å². The Balaban J connectivity index is 1.57. The number of nitrogens with zero attached hydrogens (tertiary/aromatic N) is 3. The van der Waals surface area contributed by atoms with E-state index >= 15 is 0 Å². The molecule has 0 atom stereocenters. The smallest absolute Gasteiger partial charge is 0.191 e. The summed E-state index contributed by atoms with van der Waals surface area (Å²) < 4.78 is 7.61. The van der Waals surface area contributed by atoms with Crippen LogP contribution in [-0.4, -0.2) is 29.7 Å². The highest BCUT2D eigenvalue weighted by atomic mass is 16.5. The van der Waals surface area contributed by atoms with Crippen molar-refractivity contribution in [2.75, 3.05) is 14.2 Å². The summed E-state index contributed by atoms with van der Waals surface area (Å²) in [5, 5.41) is 6.67. The van der Waals surface area contributed by atoms with Gasteiger partial charge in [0.05, 0.1) is 13.7 Å². The minimum Gasteiger partial charge on any atom is -0.496 e. The molecule has 0 unspecified atom stereocenters. The minimum absolute atomic E-state index is 0.588. The largest absolute Gasteiger partial charge is 0.496 e. The zero-order valence-electron chi connectivity index (χ0n) is 16.6. The van der Waals surface area contributed by atoms with Crippen LogP contribution in [0.15, 0.2) is 65.9 Å². The van der Waals surface area contributed by atoms with Crippen LogP contribution in [-0.2, 0) is 19.6 Å². The second kappa shape index (κ2) is 9.60. The molecule has 0 aliphatic rings. The summed E-state index contributed by atoms with van der Waals surface area (Å²) in [5.41, 5.74) is 3.51. The molecule has 146 valence electrons. The predicted molar refractivity (Wildman–Crippen MR) is 113 cm³/mol. The molecule has 1 heterocycles. The van der Waals surface area contributed by atoms with Crippen LogP contribution in [0.4, 0.5) is 0 Å². The molecule has 0 spiro atoms. The van der Waals surface area contributed by atoms with Crippen LogP contribution in [0.1, 0.15) is 22.5 Å². The molecule has 3 rings (SSSR count). The lowest BCUT2D eigenvalue weighted by molar-refractivity contribution is 0.408. The summed E-state index contributed by atoms with van der Waals surface area (Å²) in [6, 6.07) is 16.5. The van der Waals surface area contributed by atoms with Gasteiger partial charge in [-0.05, 0) is 24.1 Å². The third kappa shape index (κ3) is 5.13. The van der Waals surface area contributed by atoms with Crippen LogP contribution in [0.2, 0.25) is 0 Å². The fourth-order valence-electron chi connectivity index (χ4n) is 2.99. The van der Waals surface area contributed by atoms with Gasteiger partial charge in [-0.3, -0.25) is 4.99 Å². The Morgan fingerprint density at radius 1 is 1.11 bits per heavy atom. The lowest BCUT2D eigenvalue weighted by Crippen LogP contribution is -2.37. The molecule has 0 saturated heterocycles. The van der Waals surface area contributed by atoms with Gasteiger partial charge in [-0.2, -0.15) is 0 Å². The fraction of sp³-hybridized carbons (Fsp3) is 0.273. The van der Waals surface area contributed by atoms with Gasteiger partial charge in [0.1, 0.15) is 11.6 Å². The number of aromatic nitrogens is 2. The molecule has 1 aromatic heterocycles. The summed E-state index contributed by atoms with van der Waals surface area (Å²) in [6.07, 6.45) is 3.82. The quantitative estimate of drug-likeness (QED) is 0.491. The van der Waals surface area contributed by atoms with E-state index in [4.69, 9.17) is 4.74 Å². The number of hydrogen-bond acceptors (Lipinski definition) is 3. The van der Waals surface area contributed by atoms with E-state index in [1.807, 2.05) is 24.5 Å². The highest BCUT2D eigenvalue weighted by molar-refractivity contribution is 5.79. The molecule has 0 fully saturated rings. The van der Waals surface area contributed by atoms with Crippen LogP contribution in [0.5, 0.6) is 5.75 Å². The lowest BCUT2D eigenvalue weighted by atomic mass is 10.1. The number of methoxy groups -OCH3 is 1. The van der Waals surface area contributed by atoms with E-state index < -0.39 is 0 Å². The second-order valence-electron chi connectivity index (χ2n) is 6.55. The van der Waals surface area contributed by atoms with Crippen molar-refractivity contribution in [3.63, 3.8) is 0 Å². The number of ether oxygens (including phenoxy) is 1. The first-order chi connectivity index (χ1) is 13.7. The van der Waals surface area contributed by atoms with Crippen molar-refractivity contribution < 1.29 is 4.74 Å². The van der Waals surface area contributed by atoms with Crippen molar-refractivity contribution in [3.05, 3.63) is 83.4 Å². The molecule has 0 bridgehead atoms. The molecule has 0 saturated carbocycles. The Kier molecular flexibility index (Phi) is 6.68. The maximum Gasteiger partial charge on any atom is 0.191 e. The Bertz CT molecular complexity index is 918. The predicted octanol–water partition coefficient (Wildman–Crippen LogP) is 3.11. The second-order valence-corrected chi connectivity index (χ2v) is 6.55. The van der Waals surface area contributed by atoms with Gasteiger partial charge >= 0.3 is 0 Å². The minimum atomic E-state index is 0.588. The van der Waals surface area contributed by atoms with Crippen LogP contribution in [0.25, 0.3) is 0 Å². The van der Waals surface area contributed by atoms with Crippen molar-refractivity contribution in [3.8, 4) is 5.75 Å². The monoisotopic (exact) mass is 377 g/mol. The Morgan fingerprint density at radius 2 is 1.89 bits per heavy atom. The highest BCUT2D eigenvalue weighted by Crippen LogP contribution is 2.19. The number of rotatable bonds is 7. The molecule has 6 nitrogen and oxygen atoms in total. The lowest BCUT2D eigenvalue weighted by Gasteiger charge is -2.15. The number of guanidine groups is 1. The Morgan fingerprint density at radius 3 is 2.64 bits per heavy atom. The van der Waals surface area contributed by atoms with Gasteiger partial charge in [-0.15, -0.1) is 0 Å². The molecule has 2 aromatic carbocycles. The number of imidazole rings is 1. The van der Waals surface area contributed by atoms with Gasteiger partial charge < -0.3 is 19.9 Å². The molecule has 0 radical (unpaired) electrons. The first-order valence-corrected chi connectivity index (χ1v) is 9.31. The van der Waals surface area contributed by atoms with Gasteiger partial charge in [0.15, 0.2) is 5.96 Å². The van der Waals surface area contributed by atoms with Crippen LogP contribution >= 0.6 is 0 Å². The zero-order valence-corrected chi connectivity index (χ0v) is 16.6. The Labute approximate surface area is 166 Å². The summed E-state index contributed by atoms with van der Waals surface area (Å²) in [4.78, 5) is 8.78. The van der Waals surface area contributed by atoms with Crippen LogP contribution in [0.3, 0.4) is 0 Å². The number of hydrogen-bond donors (Lipinski definition) is 2. The summed E-state index contributed by atoms with van der Waals surface area (Å²) in [5.74, 6) is 2.55. The van der Waals surface area contributed by atoms with Crippen LogP contribution < -0.4 is 15.4 Å². The maximum atomic E-state index is 5.47. The molecule has 28 heavy (non-hydrogen) atoms. The van der Waals surface area contributed by atoms with E-state index in [0.717, 1.165) is 29.6 Å². The fourth-order valence-corrected chi connectivity index (χ4v) is 2.99. The SMILES string of the molecule is CN=C(NCc1ccc(C)cc1OC)NCc1nccn1Cc1ccccc1. The van der Waals surface area contributed by atoms with Crippen molar-refractivity contribution in [1.82, 2.24) is 20.2 Å². The average molecular weight is 377 g/mol. The topological polar surface area (TPSA) is 63.5 Å². The van der Waals surface area contributed by atoms with Crippen molar-refractivity contribution in [2.45, 2.75) is 26.6 Å². The average Bonchev–Trinajstić information content (AvgIpc) is 3.16. The van der Waals surface area contributed by atoms with E-state index in [-0.39, 0.29) is 0 Å². The van der Waals surface area contributed by atoms with Crippen LogP contribution in [0, 0.1) is 6.92 Å². The summed E-state index contributed by atoms with van der Waals surface area (Å²) >= 11 is 0. The normalized spacial score (nSPS) is 11.3. The standard InChI is InChI=1S/C22H27N5O/c1-17-9-10-19(20(13-17)28-3)14-25-22(23-2)26-15-21-24-11-12-27(21)16-18-7-5-4-6-8-18/h4-13H,14-16H2,1-3H3,(H2,23,25,26). The molecule has 2 N–H and O–H groups in total. The molecule has 6 heteroatoms. The van der Waals surface area contributed by atoms with Gasteiger partial charge in [0.2, 0.25) is 0 Å². The molecule has 0 aliphatic heterocycles. The number of aliphatic imine (C=N–C) groups is 1. The Hall–Kier alpha value is -3.28. The van der Waals surface area contributed by atoms with E-state index in [9.17, 15) is 0 Å². The summed E-state index contributed by atoms with van der Waals surface area (Å²) in [7, 11) is 3.45. The first kappa shape index (κ1) is 19.5. The zero-order chi connectivity index (χ0) is 19.8. The first-order valence-electron chi connectivity index (χ1n) is 9.31. The number of benzene rings is 2. The van der Waals surface area contributed by atoms with Crippen molar-refractivity contribution >= 4 is 5.96 Å². The van der Waals surface area contributed by atoms with E-state index in [1.54, 1.807) is 14.2 Å². The van der Waals surface area contributed by atoms with Gasteiger partial charge in [-0.1, -0.05) is 42.5 Å². The molecule has 0 aliphatic carbocycles. The molecular weight excluding hydrogens is 350 g/mol. The maximum absolute atomic E-state index is 5.47. The third-order valence-corrected chi connectivity index (χ3v) is 4.52. The summed E-state index contributed by atoms with van der Waals surface area (Å²) in [6.45, 7) is 4.06. The van der Waals surface area contributed by atoms with Gasteiger partial charge in [-0.25, -0.2) is 4.98 Å². The van der Waals surface area contributed by atoms with Crippen molar-refractivity contribution in [1.29, 1.82) is 0 Å². The molecule has 0 amide bonds. The van der Waals surface area contributed by atoms with Crippen molar-refractivity contribution in [2.24, 2.45) is 4.99 Å². The highest BCUT2D eigenvalue weighted by Gasteiger charge is 2.07.